The fourth-order valence-corrected chi connectivity index (χ4v) is 3.48. The van der Waals surface area contributed by atoms with E-state index in [0.717, 1.165) is 24.3 Å². The summed E-state index contributed by atoms with van der Waals surface area (Å²) in [5.74, 6) is 2.61. The maximum absolute atomic E-state index is 11.4. The van der Waals surface area contributed by atoms with Gasteiger partial charge in [0.05, 0.1) is 7.11 Å². The molecule has 0 aliphatic heterocycles. The third-order valence-corrected chi connectivity index (χ3v) is 4.61. The van der Waals surface area contributed by atoms with Gasteiger partial charge in [-0.15, -0.1) is 0 Å². The quantitative estimate of drug-likeness (QED) is 0.685. The van der Waals surface area contributed by atoms with Crippen molar-refractivity contribution in [1.29, 1.82) is 0 Å². The molecule has 2 bridgehead atoms. The number of likely N-dealkylation sites (N-methyl/N-ethyl adjacent to an activating group) is 1. The number of fused-ring (bicyclic) bond motifs is 2. The summed E-state index contributed by atoms with van der Waals surface area (Å²) in [5.41, 5.74) is 0. The minimum Gasteiger partial charge on any atom is -0.468 e. The van der Waals surface area contributed by atoms with Crippen LogP contribution in [0.5, 0.6) is 0 Å². The van der Waals surface area contributed by atoms with Crippen molar-refractivity contribution in [3.63, 3.8) is 0 Å². The predicted octanol–water partition coefficient (Wildman–Crippen LogP) is 1.92. The maximum Gasteiger partial charge on any atom is 0.322 e. The first kappa shape index (κ1) is 11.9. The molecule has 0 aromatic heterocycles. The number of hydrogen-bond donors (Lipinski definition) is 0. The number of carbonyl (C=O) groups is 1. The van der Waals surface area contributed by atoms with Crippen LogP contribution in [0, 0.1) is 17.8 Å². The Kier molecular flexibility index (Phi) is 3.53. The van der Waals surface area contributed by atoms with Gasteiger partial charge < -0.3 is 4.74 Å². The van der Waals surface area contributed by atoms with Crippen molar-refractivity contribution in [2.45, 2.75) is 38.6 Å². The highest BCUT2D eigenvalue weighted by Crippen LogP contribution is 2.48. The lowest BCUT2D eigenvalue weighted by molar-refractivity contribution is -0.146. The summed E-state index contributed by atoms with van der Waals surface area (Å²) in [6.45, 7) is 2.98. The number of hydrogen-bond acceptors (Lipinski definition) is 3. The van der Waals surface area contributed by atoms with Gasteiger partial charge >= 0.3 is 5.97 Å². The van der Waals surface area contributed by atoms with Crippen molar-refractivity contribution in [1.82, 2.24) is 4.90 Å². The first-order chi connectivity index (χ1) is 7.61. The van der Waals surface area contributed by atoms with Crippen LogP contribution in [0.4, 0.5) is 0 Å². The van der Waals surface area contributed by atoms with Crippen molar-refractivity contribution < 1.29 is 9.53 Å². The van der Waals surface area contributed by atoms with E-state index < -0.39 is 0 Å². The average molecular weight is 225 g/mol. The Balaban J connectivity index is 1.83. The Morgan fingerprint density at radius 1 is 1.44 bits per heavy atom. The first-order valence-corrected chi connectivity index (χ1v) is 6.40. The fraction of sp³-hybridized carbons (Fsp3) is 0.923. The van der Waals surface area contributed by atoms with Crippen LogP contribution in [-0.4, -0.2) is 37.6 Å². The van der Waals surface area contributed by atoms with Gasteiger partial charge in [0.2, 0.25) is 0 Å². The van der Waals surface area contributed by atoms with Gasteiger partial charge in [-0.05, 0) is 51.0 Å². The molecule has 4 atom stereocenters. The van der Waals surface area contributed by atoms with Crippen LogP contribution < -0.4 is 0 Å². The zero-order valence-corrected chi connectivity index (χ0v) is 10.6. The molecule has 0 N–H and O–H groups in total. The summed E-state index contributed by atoms with van der Waals surface area (Å²) < 4.78 is 4.78. The molecule has 0 saturated heterocycles. The molecule has 3 heteroatoms. The minimum atomic E-state index is -0.120. The van der Waals surface area contributed by atoms with Gasteiger partial charge in [0.1, 0.15) is 6.04 Å². The van der Waals surface area contributed by atoms with E-state index in [1.165, 1.54) is 32.8 Å². The molecule has 2 rings (SSSR count). The monoisotopic (exact) mass is 225 g/mol. The molecule has 2 fully saturated rings. The SMILES string of the molecule is COC(=O)C(C)N(C)CC1CC2CCC1C2. The number of ether oxygens (including phenoxy) is 1. The first-order valence-electron chi connectivity index (χ1n) is 6.40. The Morgan fingerprint density at radius 3 is 2.69 bits per heavy atom. The van der Waals surface area contributed by atoms with E-state index in [2.05, 4.69) is 4.90 Å². The lowest BCUT2D eigenvalue weighted by Gasteiger charge is -2.29. The van der Waals surface area contributed by atoms with Gasteiger partial charge in [-0.1, -0.05) is 6.42 Å². The zero-order chi connectivity index (χ0) is 11.7. The van der Waals surface area contributed by atoms with E-state index in [1.54, 1.807) is 0 Å². The Hall–Kier alpha value is -0.570. The van der Waals surface area contributed by atoms with Crippen molar-refractivity contribution in [3.8, 4) is 0 Å². The second kappa shape index (κ2) is 4.74. The number of carbonyl (C=O) groups excluding carboxylic acids is 1. The topological polar surface area (TPSA) is 29.5 Å². The summed E-state index contributed by atoms with van der Waals surface area (Å²) in [7, 11) is 3.50. The van der Waals surface area contributed by atoms with Crippen molar-refractivity contribution in [2.75, 3.05) is 20.7 Å². The van der Waals surface area contributed by atoms with Gasteiger partial charge in [0.25, 0.3) is 0 Å². The number of methoxy groups -OCH3 is 1. The van der Waals surface area contributed by atoms with E-state index in [9.17, 15) is 4.79 Å². The number of nitrogens with zero attached hydrogens (tertiary/aromatic N) is 1. The van der Waals surface area contributed by atoms with Gasteiger partial charge in [0, 0.05) is 6.54 Å². The molecule has 0 amide bonds. The Bertz CT molecular complexity index is 267. The molecule has 0 spiro atoms. The van der Waals surface area contributed by atoms with Crippen LogP contribution >= 0.6 is 0 Å². The second-order valence-corrected chi connectivity index (χ2v) is 5.57. The summed E-state index contributed by atoms with van der Waals surface area (Å²) in [4.78, 5) is 13.6. The van der Waals surface area contributed by atoms with E-state index >= 15 is 0 Å². The highest BCUT2D eigenvalue weighted by atomic mass is 16.5. The molecule has 92 valence electrons. The lowest BCUT2D eigenvalue weighted by atomic mass is 9.88. The van der Waals surface area contributed by atoms with E-state index in [-0.39, 0.29) is 12.0 Å². The highest BCUT2D eigenvalue weighted by molar-refractivity contribution is 5.75. The van der Waals surface area contributed by atoms with Gasteiger partial charge in [-0.25, -0.2) is 0 Å². The van der Waals surface area contributed by atoms with Crippen molar-refractivity contribution in [3.05, 3.63) is 0 Å². The lowest BCUT2D eigenvalue weighted by Crippen LogP contribution is -2.40. The average Bonchev–Trinajstić information content (AvgIpc) is 2.88. The molecular weight excluding hydrogens is 202 g/mol. The third kappa shape index (κ3) is 2.24. The molecule has 2 aliphatic rings. The molecule has 0 aromatic rings. The van der Waals surface area contributed by atoms with E-state index in [0.29, 0.717) is 0 Å². The van der Waals surface area contributed by atoms with Crippen LogP contribution in [0.1, 0.15) is 32.6 Å². The molecule has 4 unspecified atom stereocenters. The summed E-state index contributed by atoms with van der Waals surface area (Å²) in [5, 5.41) is 0. The smallest absolute Gasteiger partial charge is 0.322 e. The zero-order valence-electron chi connectivity index (χ0n) is 10.6. The largest absolute Gasteiger partial charge is 0.468 e. The molecule has 0 radical (unpaired) electrons. The minimum absolute atomic E-state index is 0.107. The van der Waals surface area contributed by atoms with Crippen molar-refractivity contribution in [2.24, 2.45) is 17.8 Å². The van der Waals surface area contributed by atoms with E-state index in [4.69, 9.17) is 4.74 Å². The molecule has 0 aromatic carbocycles. The van der Waals surface area contributed by atoms with Crippen molar-refractivity contribution >= 4 is 5.97 Å². The van der Waals surface area contributed by atoms with Crippen LogP contribution in [0.3, 0.4) is 0 Å². The molecule has 2 saturated carbocycles. The van der Waals surface area contributed by atoms with Crippen LogP contribution in [-0.2, 0) is 9.53 Å². The number of rotatable bonds is 4. The second-order valence-electron chi connectivity index (χ2n) is 5.57. The normalized spacial score (nSPS) is 34.4. The van der Waals surface area contributed by atoms with Crippen LogP contribution in [0.25, 0.3) is 0 Å². The van der Waals surface area contributed by atoms with Crippen LogP contribution in [0.15, 0.2) is 0 Å². The molecule has 16 heavy (non-hydrogen) atoms. The van der Waals surface area contributed by atoms with E-state index in [1.807, 2.05) is 14.0 Å². The standard InChI is InChI=1S/C13H23NO2/c1-9(13(15)16-3)14(2)8-12-7-10-4-5-11(12)6-10/h9-12H,4-8H2,1-3H3. The summed E-state index contributed by atoms with van der Waals surface area (Å²) in [6.07, 6.45) is 5.67. The predicted molar refractivity (Wildman–Crippen MR) is 63.0 cm³/mol. The highest BCUT2D eigenvalue weighted by Gasteiger charge is 2.40. The Morgan fingerprint density at radius 2 is 2.19 bits per heavy atom. The molecule has 3 nitrogen and oxygen atoms in total. The summed E-state index contributed by atoms with van der Waals surface area (Å²) in [6, 6.07) is -0.107. The van der Waals surface area contributed by atoms with Gasteiger partial charge in [0.15, 0.2) is 0 Å². The van der Waals surface area contributed by atoms with Gasteiger partial charge in [-0.3, -0.25) is 9.69 Å². The van der Waals surface area contributed by atoms with Gasteiger partial charge in [-0.2, -0.15) is 0 Å². The van der Waals surface area contributed by atoms with Crippen LogP contribution in [0.2, 0.25) is 0 Å². The molecule has 0 heterocycles. The maximum atomic E-state index is 11.4. The number of esters is 1. The molecular formula is C13H23NO2. The fourth-order valence-electron chi connectivity index (χ4n) is 3.48. The third-order valence-electron chi connectivity index (χ3n) is 4.61. The Labute approximate surface area is 98.1 Å². The summed E-state index contributed by atoms with van der Waals surface area (Å²) >= 11 is 0. The molecule has 2 aliphatic carbocycles.